The van der Waals surface area contributed by atoms with E-state index < -0.39 is 0 Å². The van der Waals surface area contributed by atoms with Gasteiger partial charge in [-0.2, -0.15) is 0 Å². The van der Waals surface area contributed by atoms with E-state index >= 15 is 0 Å². The lowest BCUT2D eigenvalue weighted by molar-refractivity contribution is 0.157. The zero-order valence-corrected chi connectivity index (χ0v) is 12.0. The molecule has 0 spiro atoms. The Labute approximate surface area is 116 Å². The molecular formula is C16H26N2O. The molecule has 0 aliphatic carbocycles. The summed E-state index contributed by atoms with van der Waals surface area (Å²) in [4.78, 5) is 2.59. The standard InChI is InChI=1S/C16H26N2O/c1-2-19-15-8-6-14(7-9-15)16(10-11-17)18-12-4-3-5-13-18/h6-9,16H,2-5,10-13,17H2,1H3. The van der Waals surface area contributed by atoms with Gasteiger partial charge in [-0.3, -0.25) is 4.90 Å². The van der Waals surface area contributed by atoms with Crippen molar-refractivity contribution in [2.24, 2.45) is 5.73 Å². The lowest BCUT2D eigenvalue weighted by Gasteiger charge is -2.34. The Bertz CT molecular complexity index is 358. The van der Waals surface area contributed by atoms with E-state index in [0.717, 1.165) is 25.3 Å². The molecule has 0 amide bonds. The molecule has 1 heterocycles. The van der Waals surface area contributed by atoms with Crippen LogP contribution in [0.3, 0.4) is 0 Å². The van der Waals surface area contributed by atoms with Crippen molar-refractivity contribution in [3.05, 3.63) is 29.8 Å². The molecule has 0 radical (unpaired) electrons. The smallest absolute Gasteiger partial charge is 0.119 e. The fourth-order valence-corrected chi connectivity index (χ4v) is 2.90. The normalized spacial score (nSPS) is 18.2. The summed E-state index contributed by atoms with van der Waals surface area (Å²) in [6.45, 7) is 5.89. The van der Waals surface area contributed by atoms with Gasteiger partial charge >= 0.3 is 0 Å². The van der Waals surface area contributed by atoms with Gasteiger partial charge in [0.15, 0.2) is 0 Å². The Hall–Kier alpha value is -1.06. The van der Waals surface area contributed by atoms with Crippen LogP contribution in [-0.2, 0) is 0 Å². The highest BCUT2D eigenvalue weighted by molar-refractivity contribution is 5.29. The number of piperidine rings is 1. The van der Waals surface area contributed by atoms with Gasteiger partial charge in [-0.25, -0.2) is 0 Å². The van der Waals surface area contributed by atoms with E-state index in [4.69, 9.17) is 10.5 Å². The van der Waals surface area contributed by atoms with Gasteiger partial charge in [0.05, 0.1) is 6.61 Å². The summed E-state index contributed by atoms with van der Waals surface area (Å²) in [5, 5.41) is 0. The number of likely N-dealkylation sites (tertiary alicyclic amines) is 1. The molecule has 1 aromatic carbocycles. The van der Waals surface area contributed by atoms with Gasteiger partial charge in [0, 0.05) is 6.04 Å². The van der Waals surface area contributed by atoms with Crippen LogP contribution in [0.2, 0.25) is 0 Å². The van der Waals surface area contributed by atoms with Gasteiger partial charge in [-0.05, 0) is 63.5 Å². The van der Waals surface area contributed by atoms with Gasteiger partial charge in [-0.1, -0.05) is 18.6 Å². The van der Waals surface area contributed by atoms with E-state index in [1.807, 2.05) is 6.92 Å². The third-order valence-corrected chi connectivity index (χ3v) is 3.85. The topological polar surface area (TPSA) is 38.5 Å². The minimum atomic E-state index is 0.473. The zero-order chi connectivity index (χ0) is 13.5. The summed E-state index contributed by atoms with van der Waals surface area (Å²) in [6.07, 6.45) is 5.04. The number of rotatable bonds is 6. The van der Waals surface area contributed by atoms with Crippen molar-refractivity contribution in [3.63, 3.8) is 0 Å². The maximum atomic E-state index is 5.80. The van der Waals surface area contributed by atoms with Crippen LogP contribution in [0.4, 0.5) is 0 Å². The lowest BCUT2D eigenvalue weighted by Crippen LogP contribution is -2.34. The molecule has 0 bridgehead atoms. The van der Waals surface area contributed by atoms with Gasteiger partial charge in [-0.15, -0.1) is 0 Å². The Morgan fingerprint density at radius 1 is 1.16 bits per heavy atom. The van der Waals surface area contributed by atoms with Crippen LogP contribution in [0.1, 0.15) is 44.2 Å². The molecule has 1 saturated heterocycles. The van der Waals surface area contributed by atoms with Crippen LogP contribution in [-0.4, -0.2) is 31.1 Å². The van der Waals surface area contributed by atoms with Crippen LogP contribution in [0, 0.1) is 0 Å². The first-order chi connectivity index (χ1) is 9.35. The molecule has 2 N–H and O–H groups in total. The van der Waals surface area contributed by atoms with Gasteiger partial charge < -0.3 is 10.5 Å². The Kier molecular flexibility index (Phi) is 5.67. The van der Waals surface area contributed by atoms with Crippen molar-refractivity contribution in [2.75, 3.05) is 26.2 Å². The van der Waals surface area contributed by atoms with Crippen LogP contribution in [0.5, 0.6) is 5.75 Å². The third-order valence-electron chi connectivity index (χ3n) is 3.85. The Balaban J connectivity index is 2.08. The molecule has 0 aromatic heterocycles. The lowest BCUT2D eigenvalue weighted by atomic mass is 9.99. The minimum absolute atomic E-state index is 0.473. The largest absolute Gasteiger partial charge is 0.494 e. The molecular weight excluding hydrogens is 236 g/mol. The highest BCUT2D eigenvalue weighted by atomic mass is 16.5. The molecule has 3 heteroatoms. The van der Waals surface area contributed by atoms with Gasteiger partial charge in [0.25, 0.3) is 0 Å². The van der Waals surface area contributed by atoms with Crippen LogP contribution >= 0.6 is 0 Å². The molecule has 1 aromatic rings. The average Bonchev–Trinajstić information content (AvgIpc) is 2.47. The molecule has 1 unspecified atom stereocenters. The van der Waals surface area contributed by atoms with Crippen LogP contribution in [0.15, 0.2) is 24.3 Å². The van der Waals surface area contributed by atoms with Crippen molar-refractivity contribution >= 4 is 0 Å². The van der Waals surface area contributed by atoms with Crippen LogP contribution < -0.4 is 10.5 Å². The predicted molar refractivity (Wildman–Crippen MR) is 79.4 cm³/mol. The van der Waals surface area contributed by atoms with Crippen LogP contribution in [0.25, 0.3) is 0 Å². The summed E-state index contributed by atoms with van der Waals surface area (Å²) in [5.41, 5.74) is 7.17. The number of benzene rings is 1. The van der Waals surface area contributed by atoms with Gasteiger partial charge in [0.1, 0.15) is 5.75 Å². The molecule has 19 heavy (non-hydrogen) atoms. The summed E-state index contributed by atoms with van der Waals surface area (Å²) in [6, 6.07) is 9.01. The number of hydrogen-bond donors (Lipinski definition) is 1. The molecule has 106 valence electrons. The van der Waals surface area contributed by atoms with E-state index in [2.05, 4.69) is 29.2 Å². The Morgan fingerprint density at radius 3 is 2.42 bits per heavy atom. The highest BCUT2D eigenvalue weighted by Gasteiger charge is 2.21. The van der Waals surface area contributed by atoms with Crippen molar-refractivity contribution in [3.8, 4) is 5.75 Å². The number of ether oxygens (including phenoxy) is 1. The SMILES string of the molecule is CCOc1ccc(C(CCN)N2CCCCC2)cc1. The predicted octanol–water partition coefficient (Wildman–Crippen LogP) is 2.96. The fraction of sp³-hybridized carbons (Fsp3) is 0.625. The Morgan fingerprint density at radius 2 is 1.84 bits per heavy atom. The maximum absolute atomic E-state index is 5.80. The molecule has 1 aliphatic rings. The molecule has 1 fully saturated rings. The average molecular weight is 262 g/mol. The second kappa shape index (κ2) is 7.51. The second-order valence-electron chi connectivity index (χ2n) is 5.19. The molecule has 1 atom stereocenters. The third kappa shape index (κ3) is 3.95. The highest BCUT2D eigenvalue weighted by Crippen LogP contribution is 2.28. The quantitative estimate of drug-likeness (QED) is 0.856. The fourth-order valence-electron chi connectivity index (χ4n) is 2.90. The second-order valence-corrected chi connectivity index (χ2v) is 5.19. The molecule has 1 aliphatic heterocycles. The summed E-state index contributed by atoms with van der Waals surface area (Å²) < 4.78 is 5.51. The molecule has 0 saturated carbocycles. The summed E-state index contributed by atoms with van der Waals surface area (Å²) in [7, 11) is 0. The monoisotopic (exact) mass is 262 g/mol. The van der Waals surface area contributed by atoms with Crippen molar-refractivity contribution in [1.29, 1.82) is 0 Å². The summed E-state index contributed by atoms with van der Waals surface area (Å²) >= 11 is 0. The molecule has 3 nitrogen and oxygen atoms in total. The first-order valence-electron chi connectivity index (χ1n) is 7.52. The summed E-state index contributed by atoms with van der Waals surface area (Å²) in [5.74, 6) is 0.955. The van der Waals surface area contributed by atoms with E-state index in [1.165, 1.54) is 37.9 Å². The minimum Gasteiger partial charge on any atom is -0.494 e. The van der Waals surface area contributed by atoms with Crippen molar-refractivity contribution in [2.45, 2.75) is 38.6 Å². The molecule has 2 rings (SSSR count). The van der Waals surface area contributed by atoms with Crippen molar-refractivity contribution < 1.29 is 4.74 Å². The maximum Gasteiger partial charge on any atom is 0.119 e. The van der Waals surface area contributed by atoms with E-state index in [0.29, 0.717) is 6.04 Å². The zero-order valence-electron chi connectivity index (χ0n) is 12.0. The first-order valence-corrected chi connectivity index (χ1v) is 7.52. The van der Waals surface area contributed by atoms with E-state index in [9.17, 15) is 0 Å². The van der Waals surface area contributed by atoms with E-state index in [-0.39, 0.29) is 0 Å². The van der Waals surface area contributed by atoms with Gasteiger partial charge in [0.2, 0.25) is 0 Å². The number of nitrogens with zero attached hydrogens (tertiary/aromatic N) is 1. The number of nitrogens with two attached hydrogens (primary N) is 1. The number of hydrogen-bond acceptors (Lipinski definition) is 3. The first kappa shape index (κ1) is 14.4. The van der Waals surface area contributed by atoms with E-state index in [1.54, 1.807) is 0 Å². The van der Waals surface area contributed by atoms with Crippen molar-refractivity contribution in [1.82, 2.24) is 4.90 Å².